The topological polar surface area (TPSA) is 57.7 Å². The van der Waals surface area contributed by atoms with Crippen LogP contribution in [-0.4, -0.2) is 49.2 Å². The Bertz CT molecular complexity index is 730. The lowest BCUT2D eigenvalue weighted by Gasteiger charge is -2.29. The predicted molar refractivity (Wildman–Crippen MR) is 105 cm³/mol. The maximum absolute atomic E-state index is 13.0. The van der Waals surface area contributed by atoms with Gasteiger partial charge in [-0.2, -0.15) is 4.31 Å². The first kappa shape index (κ1) is 21.2. The van der Waals surface area contributed by atoms with Gasteiger partial charge >= 0.3 is 0 Å². The quantitative estimate of drug-likeness (QED) is 0.658. The Morgan fingerprint density at radius 1 is 1.27 bits per heavy atom. The van der Waals surface area contributed by atoms with Gasteiger partial charge in [0.15, 0.2) is 0 Å². The van der Waals surface area contributed by atoms with Crippen LogP contribution in [0, 0.1) is 0 Å². The summed E-state index contributed by atoms with van der Waals surface area (Å²) in [6.45, 7) is 7.83. The van der Waals surface area contributed by atoms with E-state index in [1.54, 1.807) is 6.07 Å². The average molecular weight is 401 g/mol. The number of benzene rings is 1. The molecule has 146 valence electrons. The van der Waals surface area contributed by atoms with Gasteiger partial charge in [-0.1, -0.05) is 31.9 Å². The van der Waals surface area contributed by atoms with Gasteiger partial charge in [0.1, 0.15) is 4.90 Å². The lowest BCUT2D eigenvalue weighted by atomic mass is 10.1. The summed E-state index contributed by atoms with van der Waals surface area (Å²) in [5.74, 6) is -0.137. The number of sulfonamides is 1. The molecule has 0 bridgehead atoms. The Labute approximate surface area is 162 Å². The van der Waals surface area contributed by atoms with Crippen molar-refractivity contribution >= 4 is 27.5 Å². The molecule has 0 radical (unpaired) electrons. The highest BCUT2D eigenvalue weighted by Gasteiger charge is 2.30. The summed E-state index contributed by atoms with van der Waals surface area (Å²) in [6, 6.07) is 4.68. The largest absolute Gasteiger partial charge is 0.336 e. The molecule has 5 nitrogen and oxygen atoms in total. The van der Waals surface area contributed by atoms with Gasteiger partial charge < -0.3 is 4.90 Å². The molecule has 1 aliphatic rings. The molecule has 1 unspecified atom stereocenters. The Morgan fingerprint density at radius 2 is 1.92 bits per heavy atom. The van der Waals surface area contributed by atoms with E-state index in [1.165, 1.54) is 16.4 Å². The molecule has 1 fully saturated rings. The van der Waals surface area contributed by atoms with Gasteiger partial charge in [0.2, 0.25) is 10.0 Å². The van der Waals surface area contributed by atoms with Crippen LogP contribution in [0.15, 0.2) is 23.1 Å². The van der Waals surface area contributed by atoms with Crippen molar-refractivity contribution in [2.75, 3.05) is 19.6 Å². The van der Waals surface area contributed by atoms with E-state index >= 15 is 0 Å². The fourth-order valence-corrected chi connectivity index (χ4v) is 5.16. The highest BCUT2D eigenvalue weighted by atomic mass is 35.5. The van der Waals surface area contributed by atoms with Crippen molar-refractivity contribution in [1.29, 1.82) is 0 Å². The molecular formula is C19H29ClN2O3S. The van der Waals surface area contributed by atoms with Crippen LogP contribution in [-0.2, 0) is 10.0 Å². The maximum atomic E-state index is 13.0. The van der Waals surface area contributed by atoms with Crippen LogP contribution in [0.3, 0.4) is 0 Å². The summed E-state index contributed by atoms with van der Waals surface area (Å²) >= 11 is 6.19. The molecule has 1 heterocycles. The van der Waals surface area contributed by atoms with E-state index in [-0.39, 0.29) is 21.9 Å². The molecule has 7 heteroatoms. The summed E-state index contributed by atoms with van der Waals surface area (Å²) in [7, 11) is -3.66. The number of hydrogen-bond acceptors (Lipinski definition) is 3. The Kier molecular flexibility index (Phi) is 7.50. The normalized spacial score (nSPS) is 16.6. The van der Waals surface area contributed by atoms with Crippen LogP contribution in [0.4, 0.5) is 0 Å². The predicted octanol–water partition coefficient (Wildman–Crippen LogP) is 4.17. The molecule has 2 rings (SSSR count). The van der Waals surface area contributed by atoms with Crippen molar-refractivity contribution in [2.24, 2.45) is 0 Å². The molecule has 1 saturated heterocycles. The smallest absolute Gasteiger partial charge is 0.254 e. The number of hydrogen-bond donors (Lipinski definition) is 0. The third kappa shape index (κ3) is 4.59. The monoisotopic (exact) mass is 400 g/mol. The summed E-state index contributed by atoms with van der Waals surface area (Å²) < 4.78 is 27.2. The van der Waals surface area contributed by atoms with Crippen molar-refractivity contribution in [2.45, 2.75) is 63.8 Å². The van der Waals surface area contributed by atoms with Gasteiger partial charge in [0.05, 0.1) is 5.02 Å². The van der Waals surface area contributed by atoms with Crippen molar-refractivity contribution in [3.05, 3.63) is 28.8 Å². The van der Waals surface area contributed by atoms with Gasteiger partial charge in [0.25, 0.3) is 5.91 Å². The SMILES string of the molecule is CCCCN(C(=O)c1ccc(Cl)c(S(=O)(=O)N2CCCC2)c1)C(C)CC. The van der Waals surface area contributed by atoms with Crippen molar-refractivity contribution < 1.29 is 13.2 Å². The van der Waals surface area contributed by atoms with E-state index in [1.807, 2.05) is 18.7 Å². The van der Waals surface area contributed by atoms with Gasteiger partial charge in [0, 0.05) is 31.2 Å². The second kappa shape index (κ2) is 9.20. The number of rotatable bonds is 8. The van der Waals surface area contributed by atoms with Crippen LogP contribution in [0.1, 0.15) is 63.2 Å². The number of amides is 1. The van der Waals surface area contributed by atoms with Gasteiger partial charge in [-0.05, 0) is 50.8 Å². The lowest BCUT2D eigenvalue weighted by Crippen LogP contribution is -2.39. The minimum atomic E-state index is -3.66. The standard InChI is InChI=1S/C19H29ClN2O3S/c1-4-6-13-22(15(3)5-2)19(23)16-9-10-17(20)18(14-16)26(24,25)21-11-7-8-12-21/h9-10,14-15H,4-8,11-13H2,1-3H3. The van der Waals surface area contributed by atoms with E-state index in [9.17, 15) is 13.2 Å². The van der Waals surface area contributed by atoms with Crippen molar-refractivity contribution in [3.63, 3.8) is 0 Å². The molecule has 26 heavy (non-hydrogen) atoms. The molecule has 0 aromatic heterocycles. The molecule has 1 aromatic carbocycles. The first-order valence-corrected chi connectivity index (χ1v) is 11.2. The zero-order chi connectivity index (χ0) is 19.3. The average Bonchev–Trinajstić information content (AvgIpc) is 3.17. The number of halogens is 1. The van der Waals surface area contributed by atoms with Crippen LogP contribution in [0.5, 0.6) is 0 Å². The van der Waals surface area contributed by atoms with Crippen LogP contribution < -0.4 is 0 Å². The highest BCUT2D eigenvalue weighted by Crippen LogP contribution is 2.28. The lowest BCUT2D eigenvalue weighted by molar-refractivity contribution is 0.0685. The molecule has 0 aliphatic carbocycles. The molecule has 1 amide bonds. The fraction of sp³-hybridized carbons (Fsp3) is 0.632. The molecule has 1 aliphatic heterocycles. The maximum Gasteiger partial charge on any atom is 0.254 e. The number of carbonyl (C=O) groups is 1. The summed E-state index contributed by atoms with van der Waals surface area (Å²) in [5, 5.41) is 0.164. The summed E-state index contributed by atoms with van der Waals surface area (Å²) in [4.78, 5) is 14.9. The van der Waals surface area contributed by atoms with Gasteiger partial charge in [-0.15, -0.1) is 0 Å². The molecule has 1 aromatic rings. The number of carbonyl (C=O) groups excluding carboxylic acids is 1. The highest BCUT2D eigenvalue weighted by molar-refractivity contribution is 7.89. The summed E-state index contributed by atoms with van der Waals surface area (Å²) in [6.07, 6.45) is 4.47. The van der Waals surface area contributed by atoms with Gasteiger partial charge in [-0.25, -0.2) is 8.42 Å². The minimum absolute atomic E-state index is 0.0338. The minimum Gasteiger partial charge on any atom is -0.336 e. The van der Waals surface area contributed by atoms with E-state index < -0.39 is 10.0 Å². The number of unbranched alkanes of at least 4 members (excludes halogenated alkanes) is 1. The molecule has 0 N–H and O–H groups in total. The first-order valence-electron chi connectivity index (χ1n) is 9.43. The first-order chi connectivity index (χ1) is 12.3. The summed E-state index contributed by atoms with van der Waals surface area (Å²) in [5.41, 5.74) is 0.378. The fourth-order valence-electron chi connectivity index (χ4n) is 3.14. The van der Waals surface area contributed by atoms with Gasteiger partial charge in [-0.3, -0.25) is 4.79 Å². The molecular weight excluding hydrogens is 372 g/mol. The Balaban J connectivity index is 2.36. The molecule has 0 spiro atoms. The molecule has 1 atom stereocenters. The van der Waals surface area contributed by atoms with E-state index in [2.05, 4.69) is 6.92 Å². The van der Waals surface area contributed by atoms with E-state index in [0.29, 0.717) is 25.2 Å². The van der Waals surface area contributed by atoms with Crippen LogP contribution >= 0.6 is 11.6 Å². The Hall–Kier alpha value is -1.11. The van der Waals surface area contributed by atoms with Crippen molar-refractivity contribution in [3.8, 4) is 0 Å². The van der Waals surface area contributed by atoms with Crippen LogP contribution in [0.2, 0.25) is 5.02 Å². The van der Waals surface area contributed by atoms with Crippen molar-refractivity contribution in [1.82, 2.24) is 9.21 Å². The zero-order valence-electron chi connectivity index (χ0n) is 15.9. The third-order valence-electron chi connectivity index (χ3n) is 5.00. The second-order valence-corrected chi connectivity index (χ2v) is 9.18. The van der Waals surface area contributed by atoms with E-state index in [4.69, 9.17) is 11.6 Å². The second-order valence-electron chi connectivity index (χ2n) is 6.87. The third-order valence-corrected chi connectivity index (χ3v) is 7.38. The Morgan fingerprint density at radius 3 is 2.50 bits per heavy atom. The number of nitrogens with zero attached hydrogens (tertiary/aromatic N) is 2. The zero-order valence-corrected chi connectivity index (χ0v) is 17.4. The molecule has 0 saturated carbocycles. The van der Waals surface area contributed by atoms with E-state index in [0.717, 1.165) is 32.1 Å². The van der Waals surface area contributed by atoms with Crippen LogP contribution in [0.25, 0.3) is 0 Å².